The van der Waals surface area contributed by atoms with Crippen LogP contribution in [-0.4, -0.2) is 31.7 Å². The van der Waals surface area contributed by atoms with Gasteiger partial charge in [0.25, 0.3) is 0 Å². The van der Waals surface area contributed by atoms with Gasteiger partial charge in [0, 0.05) is 31.4 Å². The van der Waals surface area contributed by atoms with Crippen molar-refractivity contribution in [3.63, 3.8) is 0 Å². The zero-order chi connectivity index (χ0) is 12.7. The molecule has 1 atom stereocenters. The van der Waals surface area contributed by atoms with Gasteiger partial charge in [0.15, 0.2) is 0 Å². The van der Waals surface area contributed by atoms with Gasteiger partial charge in [0.1, 0.15) is 0 Å². The lowest BCUT2D eigenvalue weighted by molar-refractivity contribution is 0.561. The quantitative estimate of drug-likeness (QED) is 0.735. The van der Waals surface area contributed by atoms with E-state index in [0.29, 0.717) is 19.4 Å². The Kier molecular flexibility index (Phi) is 5.54. The third kappa shape index (κ3) is 4.41. The molecule has 1 aromatic rings. The van der Waals surface area contributed by atoms with Crippen LogP contribution in [0.4, 0.5) is 0 Å². The maximum absolute atomic E-state index is 11.8. The summed E-state index contributed by atoms with van der Waals surface area (Å²) in [6, 6.07) is 5.58. The molecule has 0 radical (unpaired) electrons. The van der Waals surface area contributed by atoms with Crippen LogP contribution >= 0.6 is 0 Å². The lowest BCUT2D eigenvalue weighted by atomic mass is 10.3. The van der Waals surface area contributed by atoms with Gasteiger partial charge in [-0.3, -0.25) is 4.98 Å². The Morgan fingerprint density at radius 3 is 2.76 bits per heavy atom. The number of aromatic nitrogens is 1. The largest absolute Gasteiger partial charge is 0.329 e. The van der Waals surface area contributed by atoms with Crippen LogP contribution < -0.4 is 10.5 Å². The SMILES string of the molecule is CCC(CN)S(=O)(=O)NCCc1ccccn1. The van der Waals surface area contributed by atoms with Crippen molar-refractivity contribution in [3.05, 3.63) is 30.1 Å². The molecule has 3 N–H and O–H groups in total. The summed E-state index contributed by atoms with van der Waals surface area (Å²) in [5.41, 5.74) is 6.29. The highest BCUT2D eigenvalue weighted by Crippen LogP contribution is 2.02. The Hall–Kier alpha value is -0.980. The summed E-state index contributed by atoms with van der Waals surface area (Å²) in [4.78, 5) is 4.12. The van der Waals surface area contributed by atoms with Crippen LogP contribution in [0.5, 0.6) is 0 Å². The van der Waals surface area contributed by atoms with Crippen molar-refractivity contribution in [2.24, 2.45) is 5.73 Å². The summed E-state index contributed by atoms with van der Waals surface area (Å²) in [6.07, 6.45) is 2.80. The topological polar surface area (TPSA) is 85.1 Å². The molecule has 5 nitrogen and oxygen atoms in total. The number of pyridine rings is 1. The molecule has 1 unspecified atom stereocenters. The molecule has 0 saturated heterocycles. The molecule has 0 aliphatic rings. The summed E-state index contributed by atoms with van der Waals surface area (Å²) in [5, 5.41) is -0.508. The van der Waals surface area contributed by atoms with Crippen molar-refractivity contribution in [1.82, 2.24) is 9.71 Å². The van der Waals surface area contributed by atoms with E-state index >= 15 is 0 Å². The van der Waals surface area contributed by atoms with Crippen molar-refractivity contribution >= 4 is 10.0 Å². The van der Waals surface area contributed by atoms with Gasteiger partial charge in [-0.1, -0.05) is 13.0 Å². The first-order valence-electron chi connectivity index (χ1n) is 5.68. The lowest BCUT2D eigenvalue weighted by Gasteiger charge is -2.14. The fraction of sp³-hybridized carbons (Fsp3) is 0.545. The van der Waals surface area contributed by atoms with Crippen LogP contribution in [0.15, 0.2) is 24.4 Å². The molecule has 0 fully saturated rings. The van der Waals surface area contributed by atoms with Gasteiger partial charge >= 0.3 is 0 Å². The monoisotopic (exact) mass is 257 g/mol. The highest BCUT2D eigenvalue weighted by atomic mass is 32.2. The third-order valence-electron chi connectivity index (χ3n) is 2.57. The van der Waals surface area contributed by atoms with Crippen LogP contribution in [-0.2, 0) is 16.4 Å². The van der Waals surface area contributed by atoms with Crippen LogP contribution in [0.3, 0.4) is 0 Å². The summed E-state index contributed by atoms with van der Waals surface area (Å²) in [6.45, 7) is 2.32. The Balaban J connectivity index is 2.46. The average Bonchev–Trinajstić information content (AvgIpc) is 2.31. The average molecular weight is 257 g/mol. The normalized spacial score (nSPS) is 13.5. The van der Waals surface area contributed by atoms with E-state index < -0.39 is 15.3 Å². The van der Waals surface area contributed by atoms with E-state index in [1.54, 1.807) is 6.20 Å². The second-order valence-corrected chi connectivity index (χ2v) is 5.82. The summed E-state index contributed by atoms with van der Waals surface area (Å²) < 4.78 is 26.1. The highest BCUT2D eigenvalue weighted by molar-refractivity contribution is 7.90. The van der Waals surface area contributed by atoms with Crippen molar-refractivity contribution in [2.75, 3.05) is 13.1 Å². The molecule has 0 bridgehead atoms. The van der Waals surface area contributed by atoms with Gasteiger partial charge in [0.05, 0.1) is 5.25 Å². The van der Waals surface area contributed by atoms with Gasteiger partial charge in [-0.15, -0.1) is 0 Å². The summed E-state index contributed by atoms with van der Waals surface area (Å²) in [7, 11) is -3.30. The first kappa shape index (κ1) is 14.1. The van der Waals surface area contributed by atoms with Crippen molar-refractivity contribution in [2.45, 2.75) is 25.0 Å². The van der Waals surface area contributed by atoms with Crippen LogP contribution in [0.25, 0.3) is 0 Å². The maximum atomic E-state index is 11.8. The lowest BCUT2D eigenvalue weighted by Crippen LogP contribution is -2.39. The first-order chi connectivity index (χ1) is 8.10. The number of nitrogens with zero attached hydrogens (tertiary/aromatic N) is 1. The molecule has 0 aromatic carbocycles. The van der Waals surface area contributed by atoms with E-state index in [4.69, 9.17) is 5.73 Å². The number of hydrogen-bond donors (Lipinski definition) is 2. The van der Waals surface area contributed by atoms with E-state index in [2.05, 4.69) is 9.71 Å². The van der Waals surface area contributed by atoms with Gasteiger partial charge in [-0.2, -0.15) is 0 Å². The predicted octanol–water partition coefficient (Wildman–Crippen LogP) is 0.281. The Morgan fingerprint density at radius 2 is 2.24 bits per heavy atom. The van der Waals surface area contributed by atoms with Crippen LogP contribution in [0.2, 0.25) is 0 Å². The molecule has 0 amide bonds. The fourth-order valence-electron chi connectivity index (χ4n) is 1.50. The van der Waals surface area contributed by atoms with Crippen LogP contribution in [0, 0.1) is 0 Å². The zero-order valence-electron chi connectivity index (χ0n) is 9.96. The fourth-order valence-corrected chi connectivity index (χ4v) is 2.81. The molecule has 0 spiro atoms. The Bertz CT molecular complexity index is 416. The molecule has 1 aromatic heterocycles. The molecule has 1 rings (SSSR count). The second-order valence-electron chi connectivity index (χ2n) is 3.78. The predicted molar refractivity (Wildman–Crippen MR) is 68.0 cm³/mol. The van der Waals surface area contributed by atoms with Crippen molar-refractivity contribution in [1.29, 1.82) is 0 Å². The van der Waals surface area contributed by atoms with E-state index in [1.807, 2.05) is 25.1 Å². The number of nitrogens with two attached hydrogens (primary N) is 1. The minimum Gasteiger partial charge on any atom is -0.329 e. The van der Waals surface area contributed by atoms with Crippen molar-refractivity contribution in [3.8, 4) is 0 Å². The van der Waals surface area contributed by atoms with Gasteiger partial charge in [0.2, 0.25) is 10.0 Å². The molecule has 17 heavy (non-hydrogen) atoms. The summed E-state index contributed by atoms with van der Waals surface area (Å²) in [5.74, 6) is 0. The summed E-state index contributed by atoms with van der Waals surface area (Å²) >= 11 is 0. The zero-order valence-corrected chi connectivity index (χ0v) is 10.8. The Morgan fingerprint density at radius 1 is 1.47 bits per heavy atom. The minimum atomic E-state index is -3.30. The molecule has 0 saturated carbocycles. The number of nitrogens with one attached hydrogen (secondary N) is 1. The molecule has 1 heterocycles. The first-order valence-corrected chi connectivity index (χ1v) is 7.23. The number of hydrogen-bond acceptors (Lipinski definition) is 4. The van der Waals surface area contributed by atoms with E-state index in [-0.39, 0.29) is 6.54 Å². The maximum Gasteiger partial charge on any atom is 0.215 e. The van der Waals surface area contributed by atoms with Gasteiger partial charge in [-0.05, 0) is 18.6 Å². The van der Waals surface area contributed by atoms with Crippen molar-refractivity contribution < 1.29 is 8.42 Å². The van der Waals surface area contributed by atoms with Crippen LogP contribution in [0.1, 0.15) is 19.0 Å². The van der Waals surface area contributed by atoms with E-state index in [9.17, 15) is 8.42 Å². The molecule has 6 heteroatoms. The smallest absolute Gasteiger partial charge is 0.215 e. The van der Waals surface area contributed by atoms with Gasteiger partial charge in [-0.25, -0.2) is 13.1 Å². The third-order valence-corrected chi connectivity index (χ3v) is 4.58. The molecule has 0 aliphatic carbocycles. The highest BCUT2D eigenvalue weighted by Gasteiger charge is 2.21. The molecule has 96 valence electrons. The standard InChI is InChI=1S/C11H19N3O2S/c1-2-11(9-12)17(15,16)14-8-6-10-5-3-4-7-13-10/h3-5,7,11,14H,2,6,8-9,12H2,1H3. The number of rotatable bonds is 7. The molecular weight excluding hydrogens is 238 g/mol. The Labute approximate surface area is 102 Å². The molecule has 0 aliphatic heterocycles. The second kappa shape index (κ2) is 6.68. The van der Waals surface area contributed by atoms with E-state index in [1.165, 1.54) is 0 Å². The number of sulfonamides is 1. The minimum absolute atomic E-state index is 0.148. The van der Waals surface area contributed by atoms with Gasteiger partial charge < -0.3 is 5.73 Å². The van der Waals surface area contributed by atoms with E-state index in [0.717, 1.165) is 5.69 Å². The molecular formula is C11H19N3O2S.